The first kappa shape index (κ1) is 18.8. The summed E-state index contributed by atoms with van der Waals surface area (Å²) in [6.45, 7) is 4.26. The Kier molecular flexibility index (Phi) is 5.41. The zero-order chi connectivity index (χ0) is 19.4. The van der Waals surface area contributed by atoms with E-state index in [4.69, 9.17) is 5.41 Å². The van der Waals surface area contributed by atoms with Gasteiger partial charge in [-0.15, -0.1) is 0 Å². The molecule has 1 aliphatic heterocycles. The molecule has 1 aromatic carbocycles. The standard InChI is InChI=1S/C22H23N5/c1-2-6-20-19-13-27(12-16-7-4-3-5-8-16)10-9-17(19)18(11-23)21(26)22(20,14-24)15-25/h3-5,7-9,18-20,26H,2,6,10,12-13H2,1H3/t18-,19-,20+/m1/s1. The van der Waals surface area contributed by atoms with Crippen LogP contribution in [-0.2, 0) is 6.54 Å². The highest BCUT2D eigenvalue weighted by Gasteiger charge is 2.56. The Bertz CT molecular complexity index is 851. The largest absolute Gasteiger partial charge is 0.305 e. The van der Waals surface area contributed by atoms with Crippen molar-refractivity contribution < 1.29 is 0 Å². The number of fused-ring (bicyclic) bond motifs is 1. The second-order valence-corrected chi connectivity index (χ2v) is 7.39. The van der Waals surface area contributed by atoms with Crippen LogP contribution in [0.1, 0.15) is 25.3 Å². The Hall–Kier alpha value is -2.94. The lowest BCUT2D eigenvalue weighted by Gasteiger charge is -2.47. The van der Waals surface area contributed by atoms with Gasteiger partial charge in [-0.2, -0.15) is 15.8 Å². The summed E-state index contributed by atoms with van der Waals surface area (Å²) in [6.07, 6.45) is 3.59. The summed E-state index contributed by atoms with van der Waals surface area (Å²) >= 11 is 0. The molecule has 136 valence electrons. The van der Waals surface area contributed by atoms with Crippen molar-refractivity contribution in [1.29, 1.82) is 21.2 Å². The van der Waals surface area contributed by atoms with Crippen molar-refractivity contribution in [3.05, 3.63) is 47.5 Å². The Labute approximate surface area is 160 Å². The third kappa shape index (κ3) is 3.14. The number of benzene rings is 1. The first-order valence-corrected chi connectivity index (χ1v) is 9.38. The van der Waals surface area contributed by atoms with Gasteiger partial charge in [0.05, 0.1) is 23.9 Å². The lowest BCUT2D eigenvalue weighted by molar-refractivity contribution is 0.155. The van der Waals surface area contributed by atoms with Gasteiger partial charge in [0.15, 0.2) is 5.41 Å². The summed E-state index contributed by atoms with van der Waals surface area (Å²) in [6, 6.07) is 16.7. The fourth-order valence-corrected chi connectivity index (χ4v) is 4.58. The van der Waals surface area contributed by atoms with Crippen LogP contribution in [-0.4, -0.2) is 23.7 Å². The molecule has 3 atom stereocenters. The first-order valence-electron chi connectivity index (χ1n) is 9.38. The minimum atomic E-state index is -1.51. The maximum absolute atomic E-state index is 9.86. The predicted octanol–water partition coefficient (Wildman–Crippen LogP) is 3.67. The van der Waals surface area contributed by atoms with Gasteiger partial charge in [-0.1, -0.05) is 49.8 Å². The smallest absolute Gasteiger partial charge is 0.185 e. The lowest BCUT2D eigenvalue weighted by Crippen LogP contribution is -2.53. The van der Waals surface area contributed by atoms with Gasteiger partial charge >= 0.3 is 0 Å². The number of hydrogen-bond acceptors (Lipinski definition) is 5. The van der Waals surface area contributed by atoms with Gasteiger partial charge in [0.25, 0.3) is 0 Å². The molecular weight excluding hydrogens is 334 g/mol. The van der Waals surface area contributed by atoms with E-state index in [1.54, 1.807) is 0 Å². The van der Waals surface area contributed by atoms with Crippen molar-refractivity contribution in [3.8, 4) is 18.2 Å². The molecule has 1 fully saturated rings. The highest BCUT2D eigenvalue weighted by Crippen LogP contribution is 2.50. The predicted molar refractivity (Wildman–Crippen MR) is 102 cm³/mol. The second-order valence-electron chi connectivity index (χ2n) is 7.39. The van der Waals surface area contributed by atoms with Crippen LogP contribution in [0.15, 0.2) is 42.0 Å². The topological polar surface area (TPSA) is 98.5 Å². The normalized spacial score (nSPS) is 26.8. The van der Waals surface area contributed by atoms with E-state index in [2.05, 4.69) is 41.3 Å². The van der Waals surface area contributed by atoms with Crippen molar-refractivity contribution >= 4 is 5.71 Å². The summed E-state index contributed by atoms with van der Waals surface area (Å²) in [5, 5.41) is 37.9. The number of nitriles is 3. The molecule has 0 aromatic heterocycles. The van der Waals surface area contributed by atoms with Crippen LogP contribution in [0.4, 0.5) is 0 Å². The highest BCUT2D eigenvalue weighted by molar-refractivity contribution is 6.00. The molecule has 0 saturated heterocycles. The van der Waals surface area contributed by atoms with Gasteiger partial charge in [-0.3, -0.25) is 4.90 Å². The van der Waals surface area contributed by atoms with Crippen LogP contribution in [0.25, 0.3) is 0 Å². The molecule has 0 unspecified atom stereocenters. The summed E-state index contributed by atoms with van der Waals surface area (Å²) in [7, 11) is 0. The maximum Gasteiger partial charge on any atom is 0.185 e. The Morgan fingerprint density at radius 1 is 1.19 bits per heavy atom. The number of nitrogens with zero attached hydrogens (tertiary/aromatic N) is 4. The highest BCUT2D eigenvalue weighted by atomic mass is 15.1. The van der Waals surface area contributed by atoms with Gasteiger partial charge in [-0.05, 0) is 23.5 Å². The van der Waals surface area contributed by atoms with Crippen LogP contribution in [0, 0.1) is 62.6 Å². The fourth-order valence-electron chi connectivity index (χ4n) is 4.58. The monoisotopic (exact) mass is 357 g/mol. The summed E-state index contributed by atoms with van der Waals surface area (Å²) in [4.78, 5) is 2.30. The van der Waals surface area contributed by atoms with E-state index in [-0.39, 0.29) is 17.5 Å². The molecule has 0 amide bonds. The summed E-state index contributed by atoms with van der Waals surface area (Å²) < 4.78 is 0. The van der Waals surface area contributed by atoms with Crippen LogP contribution in [0.2, 0.25) is 0 Å². The summed E-state index contributed by atoms with van der Waals surface area (Å²) in [5.41, 5.74) is 0.612. The van der Waals surface area contributed by atoms with Gasteiger partial charge < -0.3 is 5.41 Å². The fraction of sp³-hybridized carbons (Fsp3) is 0.455. The Balaban J connectivity index is 1.98. The molecule has 1 heterocycles. The molecule has 0 bridgehead atoms. The van der Waals surface area contributed by atoms with Crippen LogP contribution >= 0.6 is 0 Å². The first-order chi connectivity index (χ1) is 13.1. The number of rotatable bonds is 4. The minimum absolute atomic E-state index is 0.0348. The molecular formula is C22H23N5. The average Bonchev–Trinajstić information content (AvgIpc) is 2.70. The molecule has 0 spiro atoms. The van der Waals surface area contributed by atoms with Crippen LogP contribution in [0.3, 0.4) is 0 Å². The molecule has 1 aromatic rings. The maximum atomic E-state index is 9.86. The Morgan fingerprint density at radius 3 is 2.48 bits per heavy atom. The quantitative estimate of drug-likeness (QED) is 0.831. The third-order valence-corrected chi connectivity index (χ3v) is 5.89. The molecule has 3 rings (SSSR count). The Morgan fingerprint density at radius 2 is 1.89 bits per heavy atom. The number of hydrogen-bond donors (Lipinski definition) is 1. The van der Waals surface area contributed by atoms with Crippen molar-refractivity contribution in [3.63, 3.8) is 0 Å². The lowest BCUT2D eigenvalue weighted by atomic mass is 9.55. The zero-order valence-electron chi connectivity index (χ0n) is 15.5. The molecule has 2 aliphatic rings. The molecule has 27 heavy (non-hydrogen) atoms. The van der Waals surface area contributed by atoms with E-state index in [1.165, 1.54) is 5.56 Å². The van der Waals surface area contributed by atoms with Crippen molar-refractivity contribution in [2.75, 3.05) is 13.1 Å². The SMILES string of the molecule is CCC[C@H]1[C@@H]2CN(Cc3ccccc3)CC=C2[C@@H](C#N)C(=N)C1(C#N)C#N. The number of nitrogens with one attached hydrogen (secondary N) is 1. The van der Waals surface area contributed by atoms with Gasteiger partial charge in [0.1, 0.15) is 5.92 Å². The van der Waals surface area contributed by atoms with Gasteiger partial charge in [-0.25, -0.2) is 0 Å². The zero-order valence-corrected chi connectivity index (χ0v) is 15.5. The molecule has 1 aliphatic carbocycles. The van der Waals surface area contributed by atoms with E-state index in [9.17, 15) is 15.8 Å². The third-order valence-electron chi connectivity index (χ3n) is 5.89. The van der Waals surface area contributed by atoms with Crippen molar-refractivity contribution in [2.45, 2.75) is 26.3 Å². The molecule has 1 N–H and O–H groups in total. The molecule has 5 nitrogen and oxygen atoms in total. The van der Waals surface area contributed by atoms with E-state index in [0.717, 1.165) is 25.1 Å². The molecule has 0 radical (unpaired) electrons. The van der Waals surface area contributed by atoms with Gasteiger partial charge in [0, 0.05) is 25.6 Å². The minimum Gasteiger partial charge on any atom is -0.305 e. The van der Waals surface area contributed by atoms with Crippen LogP contribution < -0.4 is 0 Å². The molecule has 1 saturated carbocycles. The van der Waals surface area contributed by atoms with E-state index < -0.39 is 11.3 Å². The van der Waals surface area contributed by atoms with Crippen molar-refractivity contribution in [2.24, 2.45) is 23.2 Å². The van der Waals surface area contributed by atoms with Crippen molar-refractivity contribution in [1.82, 2.24) is 4.90 Å². The van der Waals surface area contributed by atoms with E-state index in [1.807, 2.05) is 25.1 Å². The van der Waals surface area contributed by atoms with E-state index in [0.29, 0.717) is 13.0 Å². The summed E-state index contributed by atoms with van der Waals surface area (Å²) in [5.74, 6) is -1.05. The molecule has 5 heteroatoms. The van der Waals surface area contributed by atoms with E-state index >= 15 is 0 Å². The average molecular weight is 357 g/mol. The second kappa shape index (κ2) is 7.75. The van der Waals surface area contributed by atoms with Gasteiger partial charge in [0.2, 0.25) is 0 Å². The van der Waals surface area contributed by atoms with Crippen LogP contribution in [0.5, 0.6) is 0 Å².